The summed E-state index contributed by atoms with van der Waals surface area (Å²) in [5, 5.41) is 12.2. The summed E-state index contributed by atoms with van der Waals surface area (Å²) in [5.41, 5.74) is -0.368. The third-order valence-corrected chi connectivity index (χ3v) is 4.44. The van der Waals surface area contributed by atoms with E-state index in [1.54, 1.807) is 13.0 Å². The van der Waals surface area contributed by atoms with Crippen molar-refractivity contribution in [3.63, 3.8) is 0 Å². The van der Waals surface area contributed by atoms with Gasteiger partial charge in [-0.1, -0.05) is 0 Å². The fourth-order valence-electron chi connectivity index (χ4n) is 2.40. The van der Waals surface area contributed by atoms with E-state index in [9.17, 15) is 14.7 Å². The number of nitrogens with zero attached hydrogens (tertiary/aromatic N) is 2. The summed E-state index contributed by atoms with van der Waals surface area (Å²) < 4.78 is 0. The lowest BCUT2D eigenvalue weighted by Crippen LogP contribution is -2.57. The predicted molar refractivity (Wildman–Crippen MR) is 77.5 cm³/mol. The predicted octanol–water partition coefficient (Wildman–Crippen LogP) is 2.32. The van der Waals surface area contributed by atoms with Gasteiger partial charge < -0.3 is 10.0 Å². The molecule has 1 aliphatic rings. The van der Waals surface area contributed by atoms with Crippen LogP contribution in [0, 0.1) is 6.92 Å². The van der Waals surface area contributed by atoms with Crippen molar-refractivity contribution >= 4 is 29.3 Å². The van der Waals surface area contributed by atoms with Crippen LogP contribution in [0.1, 0.15) is 36.9 Å². The Hall–Kier alpha value is -1.69. The van der Waals surface area contributed by atoms with Crippen LogP contribution < -0.4 is 0 Å². The molecule has 1 atom stereocenters. The Morgan fingerprint density at radius 3 is 2.85 bits per heavy atom. The standard InChI is InChI=1S/C14H18N2O3S/c1-10-15-11(9-20-10)5-6-12(17)16-8-4-3-7-14(16,2)13(18)19/h5-6,9H,3-4,7-8H2,1-2H3,(H,18,19)/b6-5+. The minimum absolute atomic E-state index is 0.264. The second-order valence-corrected chi connectivity index (χ2v) is 6.21. The number of aliphatic carboxylic acids is 1. The number of piperidine rings is 1. The largest absolute Gasteiger partial charge is 0.480 e. The van der Waals surface area contributed by atoms with E-state index in [4.69, 9.17) is 0 Å². The first-order chi connectivity index (χ1) is 9.43. The highest BCUT2D eigenvalue weighted by molar-refractivity contribution is 7.09. The van der Waals surface area contributed by atoms with E-state index in [2.05, 4.69) is 4.98 Å². The van der Waals surface area contributed by atoms with Crippen LogP contribution in [0.15, 0.2) is 11.5 Å². The summed E-state index contributed by atoms with van der Waals surface area (Å²) in [7, 11) is 0. The number of aromatic nitrogens is 1. The molecule has 2 rings (SSSR count). The van der Waals surface area contributed by atoms with E-state index in [0.29, 0.717) is 13.0 Å². The Kier molecular flexibility index (Phi) is 4.23. The van der Waals surface area contributed by atoms with Gasteiger partial charge in [0.25, 0.3) is 0 Å². The molecule has 1 aromatic heterocycles. The molecule has 1 aliphatic heterocycles. The van der Waals surface area contributed by atoms with Crippen molar-refractivity contribution in [3.8, 4) is 0 Å². The topological polar surface area (TPSA) is 70.5 Å². The van der Waals surface area contributed by atoms with Gasteiger partial charge in [-0.05, 0) is 39.2 Å². The van der Waals surface area contributed by atoms with Crippen LogP contribution in [0.4, 0.5) is 0 Å². The molecule has 1 N–H and O–H groups in total. The van der Waals surface area contributed by atoms with Crippen molar-refractivity contribution in [2.75, 3.05) is 6.54 Å². The van der Waals surface area contributed by atoms with Crippen LogP contribution >= 0.6 is 11.3 Å². The van der Waals surface area contributed by atoms with E-state index in [1.165, 1.54) is 22.3 Å². The van der Waals surface area contributed by atoms with Gasteiger partial charge in [0.2, 0.25) is 5.91 Å². The maximum Gasteiger partial charge on any atom is 0.329 e. The number of hydrogen-bond donors (Lipinski definition) is 1. The molecule has 1 saturated heterocycles. The van der Waals surface area contributed by atoms with E-state index in [-0.39, 0.29) is 5.91 Å². The Labute approximate surface area is 121 Å². The highest BCUT2D eigenvalue weighted by atomic mass is 32.1. The SMILES string of the molecule is Cc1nc(/C=C/C(=O)N2CCCCC2(C)C(=O)O)cs1. The average molecular weight is 294 g/mol. The molecule has 1 amide bonds. The van der Waals surface area contributed by atoms with Crippen LogP contribution in [0.2, 0.25) is 0 Å². The van der Waals surface area contributed by atoms with Gasteiger partial charge in [-0.3, -0.25) is 4.79 Å². The van der Waals surface area contributed by atoms with Crippen LogP contribution in [-0.4, -0.2) is 39.0 Å². The summed E-state index contributed by atoms with van der Waals surface area (Å²) in [5.74, 6) is -1.20. The molecule has 5 nitrogen and oxygen atoms in total. The summed E-state index contributed by atoms with van der Waals surface area (Å²) in [6.45, 7) is 4.01. The first kappa shape index (κ1) is 14.7. The molecule has 1 aromatic rings. The van der Waals surface area contributed by atoms with Gasteiger partial charge >= 0.3 is 5.97 Å². The summed E-state index contributed by atoms with van der Waals surface area (Å²) >= 11 is 1.51. The zero-order valence-electron chi connectivity index (χ0n) is 11.6. The Balaban J connectivity index is 2.14. The number of aryl methyl sites for hydroxylation is 1. The zero-order chi connectivity index (χ0) is 14.8. The molecule has 108 valence electrons. The molecule has 0 saturated carbocycles. The van der Waals surface area contributed by atoms with Gasteiger partial charge in [0.15, 0.2) is 0 Å². The molecule has 0 aliphatic carbocycles. The van der Waals surface area contributed by atoms with Crippen LogP contribution in [-0.2, 0) is 9.59 Å². The molecule has 1 unspecified atom stereocenters. The van der Waals surface area contributed by atoms with E-state index in [1.807, 2.05) is 12.3 Å². The number of likely N-dealkylation sites (tertiary alicyclic amines) is 1. The number of carboxylic acid groups (broad SMARTS) is 1. The van der Waals surface area contributed by atoms with Crippen LogP contribution in [0.3, 0.4) is 0 Å². The Morgan fingerprint density at radius 1 is 1.50 bits per heavy atom. The fourth-order valence-corrected chi connectivity index (χ4v) is 2.98. The first-order valence-corrected chi connectivity index (χ1v) is 7.46. The summed E-state index contributed by atoms with van der Waals surface area (Å²) in [6, 6.07) is 0. The Bertz CT molecular complexity index is 552. The highest BCUT2D eigenvalue weighted by Gasteiger charge is 2.43. The molecule has 0 bridgehead atoms. The second-order valence-electron chi connectivity index (χ2n) is 5.15. The van der Waals surface area contributed by atoms with Gasteiger partial charge in [-0.25, -0.2) is 9.78 Å². The molecule has 6 heteroatoms. The number of carbonyl (C=O) groups excluding carboxylic acids is 1. The van der Waals surface area contributed by atoms with Gasteiger partial charge in [-0.2, -0.15) is 0 Å². The monoisotopic (exact) mass is 294 g/mol. The van der Waals surface area contributed by atoms with E-state index < -0.39 is 11.5 Å². The number of thiazole rings is 1. The maximum absolute atomic E-state index is 12.2. The summed E-state index contributed by atoms with van der Waals surface area (Å²) in [6.07, 6.45) is 5.24. The molecular formula is C14H18N2O3S. The molecule has 0 spiro atoms. The molecule has 0 aromatic carbocycles. The number of amides is 1. The molecule has 0 radical (unpaired) electrons. The maximum atomic E-state index is 12.2. The lowest BCUT2D eigenvalue weighted by atomic mass is 9.88. The lowest BCUT2D eigenvalue weighted by molar-refractivity contribution is -0.158. The smallest absolute Gasteiger partial charge is 0.329 e. The average Bonchev–Trinajstić information content (AvgIpc) is 2.82. The molecule has 20 heavy (non-hydrogen) atoms. The Morgan fingerprint density at radius 2 is 2.25 bits per heavy atom. The van der Waals surface area contributed by atoms with Crippen LogP contribution in [0.5, 0.6) is 0 Å². The van der Waals surface area contributed by atoms with Crippen molar-refractivity contribution in [3.05, 3.63) is 22.2 Å². The van der Waals surface area contributed by atoms with Crippen molar-refractivity contribution in [1.29, 1.82) is 0 Å². The van der Waals surface area contributed by atoms with E-state index in [0.717, 1.165) is 23.5 Å². The van der Waals surface area contributed by atoms with Crippen molar-refractivity contribution < 1.29 is 14.7 Å². The third-order valence-electron chi connectivity index (χ3n) is 3.65. The van der Waals surface area contributed by atoms with Crippen molar-refractivity contribution in [2.45, 2.75) is 38.6 Å². The first-order valence-electron chi connectivity index (χ1n) is 6.59. The van der Waals surface area contributed by atoms with Crippen LogP contribution in [0.25, 0.3) is 6.08 Å². The lowest BCUT2D eigenvalue weighted by Gasteiger charge is -2.41. The summed E-state index contributed by atoms with van der Waals surface area (Å²) in [4.78, 5) is 29.4. The van der Waals surface area contributed by atoms with Gasteiger partial charge in [0, 0.05) is 18.0 Å². The quantitative estimate of drug-likeness (QED) is 0.869. The normalized spacial score (nSPS) is 23.2. The third kappa shape index (κ3) is 2.90. The minimum atomic E-state index is -1.10. The van der Waals surface area contributed by atoms with Gasteiger partial charge in [0.05, 0.1) is 10.7 Å². The second kappa shape index (κ2) is 5.75. The molecule has 1 fully saturated rings. The van der Waals surface area contributed by atoms with Gasteiger partial charge in [0.1, 0.15) is 5.54 Å². The van der Waals surface area contributed by atoms with Gasteiger partial charge in [-0.15, -0.1) is 11.3 Å². The molecular weight excluding hydrogens is 276 g/mol. The fraction of sp³-hybridized carbons (Fsp3) is 0.500. The number of hydrogen-bond acceptors (Lipinski definition) is 4. The minimum Gasteiger partial charge on any atom is -0.480 e. The highest BCUT2D eigenvalue weighted by Crippen LogP contribution is 2.28. The number of carbonyl (C=O) groups is 2. The van der Waals surface area contributed by atoms with Crippen molar-refractivity contribution in [2.24, 2.45) is 0 Å². The number of carboxylic acids is 1. The number of rotatable bonds is 3. The van der Waals surface area contributed by atoms with Crippen molar-refractivity contribution in [1.82, 2.24) is 9.88 Å². The van der Waals surface area contributed by atoms with E-state index >= 15 is 0 Å². The molecule has 2 heterocycles. The zero-order valence-corrected chi connectivity index (χ0v) is 12.4.